The normalized spacial score (nSPS) is 13.0. The fourth-order valence-electron chi connectivity index (χ4n) is 5.00. The Kier molecular flexibility index (Phi) is 7.67. The van der Waals surface area contributed by atoms with Gasteiger partial charge >= 0.3 is 0 Å². The van der Waals surface area contributed by atoms with Gasteiger partial charge in [0.05, 0.1) is 18.1 Å². The van der Waals surface area contributed by atoms with Crippen LogP contribution in [0.25, 0.3) is 22.3 Å². The smallest absolute Gasteiger partial charge is 0.182 e. The quantitative estimate of drug-likeness (QED) is 0.182. The summed E-state index contributed by atoms with van der Waals surface area (Å²) < 4.78 is 61.2. The average Bonchev–Trinajstić information content (AvgIpc) is 3.63. The molecule has 0 fully saturated rings. The van der Waals surface area contributed by atoms with E-state index in [4.69, 9.17) is 4.74 Å². The topological polar surface area (TPSA) is 129 Å². The molecular weight excluding hydrogens is 562 g/mol. The van der Waals surface area contributed by atoms with E-state index in [0.717, 1.165) is 35.8 Å². The third-order valence-corrected chi connectivity index (χ3v) is 8.37. The second kappa shape index (κ2) is 11.2. The molecule has 2 heterocycles. The van der Waals surface area contributed by atoms with Crippen LogP contribution in [-0.4, -0.2) is 35.9 Å². The first-order valence-corrected chi connectivity index (χ1v) is 14.9. The monoisotopic (exact) mass is 588 g/mol. The van der Waals surface area contributed by atoms with Crippen LogP contribution in [0.2, 0.25) is 0 Å². The maximum absolute atomic E-state index is 15.1. The molecule has 11 heteroatoms. The van der Waals surface area contributed by atoms with E-state index < -0.39 is 32.6 Å². The summed E-state index contributed by atoms with van der Waals surface area (Å²) in [7, 11) is -3.92. The van der Waals surface area contributed by atoms with Gasteiger partial charge in [0.15, 0.2) is 21.4 Å². The second-order valence-corrected chi connectivity index (χ2v) is 12.1. The highest BCUT2D eigenvalue weighted by atomic mass is 32.2. The molecular formula is C31H26F2N4O4S. The van der Waals surface area contributed by atoms with Crippen LogP contribution in [0.5, 0.6) is 11.5 Å². The minimum Gasteiger partial charge on any atom is -0.453 e. The van der Waals surface area contributed by atoms with Gasteiger partial charge in [-0.05, 0) is 48.7 Å². The number of aromatic amines is 2. The predicted molar refractivity (Wildman–Crippen MR) is 153 cm³/mol. The van der Waals surface area contributed by atoms with Crippen LogP contribution in [0.15, 0.2) is 71.9 Å². The fourth-order valence-corrected chi connectivity index (χ4v) is 6.05. The third-order valence-electron chi connectivity index (χ3n) is 7.22. The van der Waals surface area contributed by atoms with Gasteiger partial charge < -0.3 is 19.5 Å². The lowest BCUT2D eigenvalue weighted by molar-refractivity contribution is -0.107. The number of halogens is 2. The Morgan fingerprint density at radius 2 is 1.93 bits per heavy atom. The summed E-state index contributed by atoms with van der Waals surface area (Å²) in [6.07, 6.45) is 5.85. The van der Waals surface area contributed by atoms with E-state index in [1.54, 1.807) is 0 Å². The number of aryl methyl sites for hydroxylation is 1. The van der Waals surface area contributed by atoms with Crippen LogP contribution in [0.1, 0.15) is 36.6 Å². The van der Waals surface area contributed by atoms with Crippen LogP contribution in [0.3, 0.4) is 0 Å². The molecule has 0 spiro atoms. The zero-order valence-electron chi connectivity index (χ0n) is 22.7. The van der Waals surface area contributed by atoms with Crippen LogP contribution in [-0.2, 0) is 26.5 Å². The van der Waals surface area contributed by atoms with Crippen LogP contribution < -0.4 is 4.74 Å². The number of sulfone groups is 1. The highest BCUT2D eigenvalue weighted by Gasteiger charge is 2.32. The molecule has 5 aromatic rings. The molecule has 0 aliphatic carbocycles. The standard InChI is InChI=1S/C31H26F2N4O4S/c1-31(11-12-34,20-7-3-5-19(15-20)6-4-14-38)27-18-36-30(37-27)23-16-21(8-9-24(23)32)41-28-25(33)17-26-22(10-13-35-26)29(28)42(2,39)40/h3,5,7-10,13-18,35H,4,6,11H2,1-2H3,(H,36,37). The number of ether oxygens (including phenoxy) is 1. The molecule has 8 nitrogen and oxygen atoms in total. The number of carbonyl (C=O) groups is 1. The molecule has 1 atom stereocenters. The Morgan fingerprint density at radius 1 is 1.12 bits per heavy atom. The molecule has 1 unspecified atom stereocenters. The molecule has 3 aromatic carbocycles. The van der Waals surface area contributed by atoms with Gasteiger partial charge in [-0.1, -0.05) is 24.3 Å². The van der Waals surface area contributed by atoms with Gasteiger partial charge in [-0.15, -0.1) is 0 Å². The average molecular weight is 589 g/mol. The van der Waals surface area contributed by atoms with Crippen molar-refractivity contribution in [2.75, 3.05) is 6.26 Å². The maximum atomic E-state index is 15.1. The lowest BCUT2D eigenvalue weighted by Gasteiger charge is -2.27. The molecule has 0 aliphatic heterocycles. The van der Waals surface area contributed by atoms with Crippen molar-refractivity contribution in [2.45, 2.75) is 36.5 Å². The highest BCUT2D eigenvalue weighted by molar-refractivity contribution is 7.91. The zero-order chi connectivity index (χ0) is 30.1. The molecule has 0 saturated carbocycles. The van der Waals surface area contributed by atoms with E-state index in [1.807, 2.05) is 31.2 Å². The lowest BCUT2D eigenvalue weighted by atomic mass is 9.76. The number of nitriles is 1. The third kappa shape index (κ3) is 5.41. The van der Waals surface area contributed by atoms with Crippen LogP contribution in [0.4, 0.5) is 8.78 Å². The van der Waals surface area contributed by atoms with Gasteiger partial charge in [0, 0.05) is 53.1 Å². The molecule has 0 bridgehead atoms. The van der Waals surface area contributed by atoms with Gasteiger partial charge in [-0.2, -0.15) is 5.26 Å². The number of hydrogen-bond donors (Lipinski definition) is 2. The van der Waals surface area contributed by atoms with E-state index in [2.05, 4.69) is 21.0 Å². The number of aromatic nitrogens is 3. The molecule has 42 heavy (non-hydrogen) atoms. The molecule has 0 aliphatic rings. The number of nitrogens with one attached hydrogen (secondary N) is 2. The number of rotatable bonds is 10. The van der Waals surface area contributed by atoms with E-state index in [1.165, 1.54) is 30.6 Å². The SMILES string of the molecule is CC(CC#N)(c1cccc(CCC=O)c1)c1cnc(-c2cc(Oc3c(F)cc4[nH]ccc4c3S(C)(=O)=O)ccc2F)[nH]1. The number of aldehydes is 1. The minimum absolute atomic E-state index is 0.00169. The summed E-state index contributed by atoms with van der Waals surface area (Å²) in [5.41, 5.74) is 1.78. The fraction of sp³-hybridized carbons (Fsp3) is 0.194. The van der Waals surface area contributed by atoms with Crippen molar-refractivity contribution in [1.29, 1.82) is 5.26 Å². The van der Waals surface area contributed by atoms with Crippen molar-refractivity contribution in [2.24, 2.45) is 0 Å². The Balaban J connectivity index is 1.53. The van der Waals surface area contributed by atoms with E-state index in [-0.39, 0.29) is 39.4 Å². The van der Waals surface area contributed by atoms with Crippen molar-refractivity contribution in [3.8, 4) is 29.0 Å². The summed E-state index contributed by atoms with van der Waals surface area (Å²) in [6.45, 7) is 1.87. The number of carbonyl (C=O) groups excluding carboxylic acids is 1. The highest BCUT2D eigenvalue weighted by Crippen LogP contribution is 2.39. The van der Waals surface area contributed by atoms with Crippen LogP contribution >= 0.6 is 0 Å². The number of hydrogen-bond acceptors (Lipinski definition) is 6. The van der Waals surface area contributed by atoms with Gasteiger partial charge in [-0.3, -0.25) is 0 Å². The number of fused-ring (bicyclic) bond motifs is 1. The number of benzene rings is 3. The van der Waals surface area contributed by atoms with Gasteiger partial charge in [0.1, 0.15) is 28.6 Å². The summed E-state index contributed by atoms with van der Waals surface area (Å²) in [5, 5.41) is 9.91. The number of imidazole rings is 1. The molecule has 2 N–H and O–H groups in total. The Bertz CT molecular complexity index is 1960. The minimum atomic E-state index is -3.92. The molecule has 0 amide bonds. The summed E-state index contributed by atoms with van der Waals surface area (Å²) in [5.74, 6) is -1.92. The molecule has 0 radical (unpaired) electrons. The molecule has 5 rings (SSSR count). The Morgan fingerprint density at radius 3 is 2.67 bits per heavy atom. The van der Waals surface area contributed by atoms with Gasteiger partial charge in [0.25, 0.3) is 0 Å². The molecule has 2 aromatic heterocycles. The summed E-state index contributed by atoms with van der Waals surface area (Å²) in [4.78, 5) is 20.8. The Labute approximate surface area is 240 Å². The van der Waals surface area contributed by atoms with E-state index in [9.17, 15) is 18.5 Å². The Hall–Kier alpha value is -4.82. The van der Waals surface area contributed by atoms with Crippen molar-refractivity contribution < 1.29 is 26.7 Å². The molecule has 214 valence electrons. The summed E-state index contributed by atoms with van der Waals surface area (Å²) in [6, 6.07) is 16.1. The first-order valence-electron chi connectivity index (χ1n) is 13.0. The van der Waals surface area contributed by atoms with Gasteiger partial charge in [-0.25, -0.2) is 22.2 Å². The van der Waals surface area contributed by atoms with Gasteiger partial charge in [0.2, 0.25) is 0 Å². The van der Waals surface area contributed by atoms with Crippen molar-refractivity contribution in [3.63, 3.8) is 0 Å². The largest absolute Gasteiger partial charge is 0.453 e. The van der Waals surface area contributed by atoms with Crippen molar-refractivity contribution in [3.05, 3.63) is 95.4 Å². The predicted octanol–water partition coefficient (Wildman–Crippen LogP) is 6.38. The van der Waals surface area contributed by atoms with Crippen LogP contribution in [0, 0.1) is 23.0 Å². The first-order chi connectivity index (χ1) is 20.0. The van der Waals surface area contributed by atoms with Crippen molar-refractivity contribution in [1.82, 2.24) is 15.0 Å². The van der Waals surface area contributed by atoms with E-state index in [0.29, 0.717) is 18.5 Å². The lowest BCUT2D eigenvalue weighted by Crippen LogP contribution is -2.24. The number of H-pyrrole nitrogens is 2. The van der Waals surface area contributed by atoms with Crippen molar-refractivity contribution >= 4 is 27.0 Å². The zero-order valence-corrected chi connectivity index (χ0v) is 23.6. The maximum Gasteiger partial charge on any atom is 0.182 e. The summed E-state index contributed by atoms with van der Waals surface area (Å²) >= 11 is 0. The first kappa shape index (κ1) is 28.7. The number of nitrogens with zero attached hydrogens (tertiary/aromatic N) is 2. The molecule has 0 saturated heterocycles. The second-order valence-electron chi connectivity index (χ2n) is 10.2. The van der Waals surface area contributed by atoms with E-state index >= 15 is 8.78 Å².